The van der Waals surface area contributed by atoms with Crippen molar-refractivity contribution in [3.63, 3.8) is 0 Å². The minimum absolute atomic E-state index is 0.192. The van der Waals surface area contributed by atoms with Gasteiger partial charge in [0.2, 0.25) is 0 Å². The predicted octanol–water partition coefficient (Wildman–Crippen LogP) is 5.85. The van der Waals surface area contributed by atoms with E-state index in [0.29, 0.717) is 6.54 Å². The number of likely N-dealkylation sites (tertiary alicyclic amines) is 1. The predicted molar refractivity (Wildman–Crippen MR) is 167 cm³/mol. The number of esters is 1. The van der Waals surface area contributed by atoms with Gasteiger partial charge in [0.15, 0.2) is 0 Å². The fraction of sp³-hybridized carbons (Fsp3) is 0.500. The second kappa shape index (κ2) is 12.9. The molecule has 1 saturated heterocycles. The summed E-state index contributed by atoms with van der Waals surface area (Å²) in [6.07, 6.45) is -0.210. The highest BCUT2D eigenvalue weighted by Gasteiger charge is 2.52. The number of benzene rings is 2. The Kier molecular flexibility index (Phi) is 10.2. The van der Waals surface area contributed by atoms with Crippen molar-refractivity contribution in [3.05, 3.63) is 71.8 Å². The van der Waals surface area contributed by atoms with Crippen LogP contribution in [0.1, 0.15) is 34.1 Å². The normalized spacial score (nSPS) is 19.4. The van der Waals surface area contributed by atoms with E-state index in [2.05, 4.69) is 95.9 Å². The van der Waals surface area contributed by atoms with Crippen molar-refractivity contribution in [3.8, 4) is 0 Å². The summed E-state index contributed by atoms with van der Waals surface area (Å²) in [5.74, 6) is -0.494. The van der Waals surface area contributed by atoms with Crippen LogP contribution in [0, 0.1) is 5.92 Å². The Bertz CT molecular complexity index is 1150. The van der Waals surface area contributed by atoms with Gasteiger partial charge < -0.3 is 13.9 Å². The van der Waals surface area contributed by atoms with Crippen LogP contribution < -0.4 is 10.4 Å². The van der Waals surface area contributed by atoms with Gasteiger partial charge in [0.25, 0.3) is 8.32 Å². The van der Waals surface area contributed by atoms with Crippen molar-refractivity contribution in [2.75, 3.05) is 27.4 Å². The van der Waals surface area contributed by atoms with Crippen LogP contribution in [-0.4, -0.2) is 66.8 Å². The molecule has 0 radical (unpaired) electrons. The summed E-state index contributed by atoms with van der Waals surface area (Å²) in [4.78, 5) is 27.6. The van der Waals surface area contributed by atoms with E-state index >= 15 is 0 Å². The van der Waals surface area contributed by atoms with Crippen LogP contribution in [0.5, 0.6) is 0 Å². The van der Waals surface area contributed by atoms with E-state index in [9.17, 15) is 9.59 Å². The Morgan fingerprint density at radius 1 is 0.900 bits per heavy atom. The number of hydrogen-bond acceptors (Lipinski definition) is 5. The van der Waals surface area contributed by atoms with Gasteiger partial charge in [-0.15, -0.1) is 0 Å². The summed E-state index contributed by atoms with van der Waals surface area (Å²) < 4.78 is 17.7. The highest BCUT2D eigenvalue weighted by atomic mass is 28.4. The van der Waals surface area contributed by atoms with Crippen LogP contribution in [0.15, 0.2) is 71.8 Å². The lowest BCUT2D eigenvalue weighted by molar-refractivity contribution is -0.141. The molecule has 6 nitrogen and oxygen atoms in total. The first-order valence-electron chi connectivity index (χ1n) is 14.1. The Morgan fingerprint density at radius 3 is 1.85 bits per heavy atom. The Hall–Kier alpha value is -2.69. The second-order valence-corrected chi connectivity index (χ2v) is 22.8. The van der Waals surface area contributed by atoms with Crippen molar-refractivity contribution >= 4 is 38.8 Å². The molecule has 1 aliphatic rings. The van der Waals surface area contributed by atoms with Gasteiger partial charge in [0.1, 0.15) is 0 Å². The molecule has 8 heteroatoms. The number of carbonyl (C=O) groups is 2. The average molecular weight is 582 g/mol. The van der Waals surface area contributed by atoms with E-state index in [0.717, 1.165) is 11.6 Å². The molecule has 218 valence electrons. The fourth-order valence-electron chi connectivity index (χ4n) is 6.25. The molecular weight excluding hydrogens is 535 g/mol. The van der Waals surface area contributed by atoms with Crippen LogP contribution in [0.3, 0.4) is 0 Å². The fourth-order valence-corrected chi connectivity index (χ4v) is 12.6. The molecule has 3 rings (SSSR count). The summed E-state index contributed by atoms with van der Waals surface area (Å²) in [5, 5.41) is 2.13. The molecule has 1 fully saturated rings. The number of ether oxygens (including phenoxy) is 2. The van der Waals surface area contributed by atoms with E-state index < -0.39 is 22.5 Å². The van der Waals surface area contributed by atoms with E-state index in [1.807, 2.05) is 12.1 Å². The summed E-state index contributed by atoms with van der Waals surface area (Å²) in [5.41, 5.74) is 2.39. The topological polar surface area (TPSA) is 65.1 Å². The maximum atomic E-state index is 13.2. The molecule has 40 heavy (non-hydrogen) atoms. The number of methoxy groups -OCH3 is 2. The summed E-state index contributed by atoms with van der Waals surface area (Å²) in [6, 6.07) is 21.6. The van der Waals surface area contributed by atoms with Crippen molar-refractivity contribution in [1.82, 2.24) is 4.90 Å². The number of carbonyl (C=O) groups excluding carboxylic acids is 2. The van der Waals surface area contributed by atoms with E-state index in [1.54, 1.807) is 4.90 Å². The Labute approximate surface area is 242 Å². The van der Waals surface area contributed by atoms with Crippen molar-refractivity contribution in [2.24, 2.45) is 5.92 Å². The quantitative estimate of drug-likeness (QED) is 0.211. The summed E-state index contributed by atoms with van der Waals surface area (Å²) >= 11 is 0. The van der Waals surface area contributed by atoms with Gasteiger partial charge in [-0.2, -0.15) is 0 Å². The third-order valence-corrected chi connectivity index (χ3v) is 14.5. The molecule has 1 amide bonds. The maximum absolute atomic E-state index is 13.2. The molecule has 0 spiro atoms. The molecule has 2 atom stereocenters. The molecule has 0 aliphatic carbocycles. The van der Waals surface area contributed by atoms with Crippen molar-refractivity contribution in [2.45, 2.75) is 70.9 Å². The van der Waals surface area contributed by atoms with Gasteiger partial charge in [-0.1, -0.05) is 107 Å². The second-order valence-electron chi connectivity index (χ2n) is 13.1. The highest BCUT2D eigenvalue weighted by molar-refractivity contribution is 6.99. The minimum Gasteiger partial charge on any atom is -0.469 e. The molecule has 1 heterocycles. The average Bonchev–Trinajstić information content (AvgIpc) is 3.26. The Morgan fingerprint density at radius 2 is 1.43 bits per heavy atom. The maximum Gasteiger partial charge on any atom is 0.410 e. The van der Waals surface area contributed by atoms with Crippen LogP contribution >= 0.6 is 0 Å². The first-order chi connectivity index (χ1) is 18.7. The number of nitrogens with zero attached hydrogens (tertiary/aromatic N) is 1. The Balaban J connectivity index is 2.16. The highest BCUT2D eigenvalue weighted by Crippen LogP contribution is 2.40. The number of hydrogen-bond donors (Lipinski definition) is 0. The molecule has 0 bridgehead atoms. The smallest absolute Gasteiger partial charge is 0.410 e. The SMILES string of the molecule is COC(=O)C[C@H]1/C(=C(/C)C[Si](C)(C)C)CN(C(=O)OC)[C@@H]1CO[Si](c1ccccc1)(c1ccccc1)C(C)(C)C. The summed E-state index contributed by atoms with van der Waals surface area (Å²) in [7, 11) is -1.47. The molecular formula is C32H47NO5Si2. The molecule has 0 aromatic heterocycles. The number of rotatable bonds is 9. The van der Waals surface area contributed by atoms with Gasteiger partial charge in [-0.3, -0.25) is 9.69 Å². The zero-order chi connectivity index (χ0) is 29.7. The summed E-state index contributed by atoms with van der Waals surface area (Å²) in [6.45, 7) is 16.6. The number of amides is 1. The van der Waals surface area contributed by atoms with Crippen LogP contribution in [0.25, 0.3) is 0 Å². The molecule has 0 unspecified atom stereocenters. The first-order valence-corrected chi connectivity index (χ1v) is 19.7. The van der Waals surface area contributed by atoms with Gasteiger partial charge in [-0.05, 0) is 34.0 Å². The first kappa shape index (κ1) is 31.8. The van der Waals surface area contributed by atoms with Crippen LogP contribution in [0.4, 0.5) is 4.79 Å². The molecule has 2 aromatic carbocycles. The van der Waals surface area contributed by atoms with Gasteiger partial charge in [-0.25, -0.2) is 4.79 Å². The third-order valence-electron chi connectivity index (χ3n) is 7.91. The van der Waals surface area contributed by atoms with Gasteiger partial charge in [0, 0.05) is 20.5 Å². The standard InChI is InChI=1S/C32H47NO5Si2/c1-24(23-39(7,8)9)28-21-33(31(35)37-6)29(27(28)20-30(34)36-5)22-38-40(32(2,3)4,25-16-12-10-13-17-25)26-18-14-11-15-19-26/h10-19,27,29H,20-23H2,1-9H3/b28-24-/t27-,29+/m0/s1. The van der Waals surface area contributed by atoms with Crippen LogP contribution in [0.2, 0.25) is 30.7 Å². The lowest BCUT2D eigenvalue weighted by Crippen LogP contribution is -2.67. The van der Waals surface area contributed by atoms with Crippen molar-refractivity contribution in [1.29, 1.82) is 0 Å². The van der Waals surface area contributed by atoms with Gasteiger partial charge >= 0.3 is 12.1 Å². The minimum atomic E-state index is -2.86. The zero-order valence-corrected chi connectivity index (χ0v) is 27.7. The number of allylic oxidation sites excluding steroid dienone is 1. The van der Waals surface area contributed by atoms with E-state index in [4.69, 9.17) is 13.9 Å². The monoisotopic (exact) mass is 581 g/mol. The lowest BCUT2D eigenvalue weighted by Gasteiger charge is -2.44. The third kappa shape index (κ3) is 6.96. The van der Waals surface area contributed by atoms with E-state index in [-0.39, 0.29) is 36.0 Å². The molecule has 0 N–H and O–H groups in total. The van der Waals surface area contributed by atoms with Crippen molar-refractivity contribution < 1.29 is 23.5 Å². The van der Waals surface area contributed by atoms with Crippen LogP contribution in [-0.2, 0) is 18.7 Å². The van der Waals surface area contributed by atoms with Gasteiger partial charge in [0.05, 0.1) is 33.3 Å². The molecule has 2 aromatic rings. The largest absolute Gasteiger partial charge is 0.469 e. The molecule has 0 saturated carbocycles. The zero-order valence-electron chi connectivity index (χ0n) is 25.7. The molecule has 1 aliphatic heterocycles. The van der Waals surface area contributed by atoms with E-state index in [1.165, 1.54) is 30.2 Å². The lowest BCUT2D eigenvalue weighted by atomic mass is 9.90.